The molecule has 3 heteroatoms. The maximum Gasteiger partial charge on any atom is 0.0975 e. The standard InChI is InChI=1S/C15H26O3/c1-9(2)15-7-10-13(3,8-12(15)18-15)11(16)5-6-14(10,4)17/h9-12,16-17H,5-8H2,1-4H3/t10-,11-,12+,13-,14+,15+/m1/s1. The van der Waals surface area contributed by atoms with Crippen LogP contribution in [0.3, 0.4) is 0 Å². The minimum atomic E-state index is -0.660. The van der Waals surface area contributed by atoms with Crippen LogP contribution in [0.1, 0.15) is 53.4 Å². The third-order valence-electron chi connectivity index (χ3n) is 6.21. The second-order valence-electron chi connectivity index (χ2n) is 7.59. The number of ether oxygens (including phenoxy) is 1. The van der Waals surface area contributed by atoms with Crippen molar-refractivity contribution in [3.05, 3.63) is 0 Å². The van der Waals surface area contributed by atoms with Crippen molar-refractivity contribution in [2.24, 2.45) is 17.3 Å². The maximum absolute atomic E-state index is 10.7. The van der Waals surface area contributed by atoms with Crippen LogP contribution in [0.25, 0.3) is 0 Å². The third-order valence-corrected chi connectivity index (χ3v) is 6.21. The zero-order valence-electron chi connectivity index (χ0n) is 11.9. The summed E-state index contributed by atoms with van der Waals surface area (Å²) in [4.78, 5) is 0. The molecule has 0 aromatic heterocycles. The lowest BCUT2D eigenvalue weighted by atomic mass is 9.51. The van der Waals surface area contributed by atoms with Gasteiger partial charge in [0.2, 0.25) is 0 Å². The first-order valence-electron chi connectivity index (χ1n) is 7.31. The Labute approximate surface area is 110 Å². The summed E-state index contributed by atoms with van der Waals surface area (Å²) >= 11 is 0. The normalized spacial score (nSPS) is 59.2. The van der Waals surface area contributed by atoms with E-state index in [0.29, 0.717) is 24.9 Å². The van der Waals surface area contributed by atoms with E-state index in [9.17, 15) is 10.2 Å². The van der Waals surface area contributed by atoms with Crippen molar-refractivity contribution >= 4 is 0 Å². The zero-order valence-corrected chi connectivity index (χ0v) is 11.9. The Balaban J connectivity index is 1.94. The van der Waals surface area contributed by atoms with Crippen LogP contribution in [0.4, 0.5) is 0 Å². The van der Waals surface area contributed by atoms with E-state index in [-0.39, 0.29) is 23.0 Å². The van der Waals surface area contributed by atoms with Crippen LogP contribution < -0.4 is 0 Å². The van der Waals surface area contributed by atoms with E-state index in [0.717, 1.165) is 12.8 Å². The number of rotatable bonds is 1. The molecular formula is C15H26O3. The Bertz CT molecular complexity index is 365. The van der Waals surface area contributed by atoms with Crippen LogP contribution in [0.15, 0.2) is 0 Å². The lowest BCUT2D eigenvalue weighted by molar-refractivity contribution is -0.167. The molecule has 0 bridgehead atoms. The zero-order chi connectivity index (χ0) is 13.3. The molecule has 6 atom stereocenters. The van der Waals surface area contributed by atoms with Gasteiger partial charge in [0, 0.05) is 5.41 Å². The summed E-state index contributed by atoms with van der Waals surface area (Å²) in [6.45, 7) is 8.49. The van der Waals surface area contributed by atoms with Crippen molar-refractivity contribution in [3.63, 3.8) is 0 Å². The Morgan fingerprint density at radius 3 is 2.50 bits per heavy atom. The van der Waals surface area contributed by atoms with Gasteiger partial charge in [0.1, 0.15) is 0 Å². The minimum Gasteiger partial charge on any atom is -0.393 e. The molecule has 3 fully saturated rings. The highest BCUT2D eigenvalue weighted by atomic mass is 16.6. The quantitative estimate of drug-likeness (QED) is 0.705. The lowest BCUT2D eigenvalue weighted by Crippen LogP contribution is -2.59. The molecule has 1 saturated heterocycles. The Kier molecular flexibility index (Phi) is 2.51. The Morgan fingerprint density at radius 2 is 1.89 bits per heavy atom. The van der Waals surface area contributed by atoms with Gasteiger partial charge in [-0.3, -0.25) is 0 Å². The first kappa shape index (κ1) is 12.9. The second-order valence-corrected chi connectivity index (χ2v) is 7.59. The number of fused-ring (bicyclic) bond motifs is 2. The molecule has 0 unspecified atom stereocenters. The van der Waals surface area contributed by atoms with Crippen molar-refractivity contribution < 1.29 is 14.9 Å². The Hall–Kier alpha value is -0.120. The SMILES string of the molecule is CC(C)[C@@]12C[C@@H]3[C@@](C)(C[C@@H]1O2)[C@H](O)CC[C@]3(C)O. The number of hydrogen-bond acceptors (Lipinski definition) is 3. The van der Waals surface area contributed by atoms with Gasteiger partial charge in [0.25, 0.3) is 0 Å². The van der Waals surface area contributed by atoms with E-state index in [1.54, 1.807) is 0 Å². The summed E-state index contributed by atoms with van der Waals surface area (Å²) < 4.78 is 6.00. The second kappa shape index (κ2) is 3.50. The van der Waals surface area contributed by atoms with Crippen LogP contribution in [0.5, 0.6) is 0 Å². The van der Waals surface area contributed by atoms with E-state index in [2.05, 4.69) is 20.8 Å². The molecule has 0 spiro atoms. The molecule has 0 aromatic carbocycles. The largest absolute Gasteiger partial charge is 0.393 e. The highest BCUT2D eigenvalue weighted by Crippen LogP contribution is 2.64. The lowest BCUT2D eigenvalue weighted by Gasteiger charge is -2.55. The van der Waals surface area contributed by atoms with E-state index in [1.807, 2.05) is 6.92 Å². The molecule has 2 aliphatic carbocycles. The van der Waals surface area contributed by atoms with Gasteiger partial charge in [-0.1, -0.05) is 20.8 Å². The first-order chi connectivity index (χ1) is 8.22. The summed E-state index contributed by atoms with van der Waals surface area (Å²) in [6.07, 6.45) is 3.21. The minimum absolute atomic E-state index is 0.0226. The van der Waals surface area contributed by atoms with Gasteiger partial charge >= 0.3 is 0 Å². The van der Waals surface area contributed by atoms with Crippen LogP contribution in [0.2, 0.25) is 0 Å². The summed E-state index contributed by atoms with van der Waals surface area (Å²) in [5, 5.41) is 21.1. The highest BCUT2D eigenvalue weighted by molar-refractivity contribution is 5.18. The number of aliphatic hydroxyl groups excluding tert-OH is 1. The Morgan fingerprint density at radius 1 is 1.22 bits per heavy atom. The van der Waals surface area contributed by atoms with E-state index < -0.39 is 5.60 Å². The monoisotopic (exact) mass is 254 g/mol. The van der Waals surface area contributed by atoms with Gasteiger partial charge in [-0.15, -0.1) is 0 Å². The molecule has 0 aromatic rings. The van der Waals surface area contributed by atoms with Gasteiger partial charge < -0.3 is 14.9 Å². The molecule has 18 heavy (non-hydrogen) atoms. The van der Waals surface area contributed by atoms with E-state index >= 15 is 0 Å². The number of aliphatic hydroxyl groups is 2. The van der Waals surface area contributed by atoms with E-state index in [4.69, 9.17) is 4.74 Å². The predicted octanol–water partition coefficient (Wildman–Crippen LogP) is 2.10. The van der Waals surface area contributed by atoms with Crippen LogP contribution in [-0.2, 0) is 4.74 Å². The molecule has 1 aliphatic heterocycles. The molecular weight excluding hydrogens is 228 g/mol. The average molecular weight is 254 g/mol. The molecule has 3 rings (SSSR count). The van der Waals surface area contributed by atoms with Gasteiger partial charge in [-0.2, -0.15) is 0 Å². The van der Waals surface area contributed by atoms with Gasteiger partial charge in [-0.05, 0) is 44.4 Å². The summed E-state index contributed by atoms with van der Waals surface area (Å²) in [6, 6.07) is 0. The fourth-order valence-electron chi connectivity index (χ4n) is 4.69. The van der Waals surface area contributed by atoms with Crippen LogP contribution >= 0.6 is 0 Å². The molecule has 3 aliphatic rings. The predicted molar refractivity (Wildman–Crippen MR) is 69.1 cm³/mol. The number of hydrogen-bond donors (Lipinski definition) is 2. The molecule has 0 amide bonds. The van der Waals surface area contributed by atoms with Crippen molar-refractivity contribution in [2.75, 3.05) is 0 Å². The molecule has 0 radical (unpaired) electrons. The van der Waals surface area contributed by atoms with E-state index in [1.165, 1.54) is 0 Å². The van der Waals surface area contributed by atoms with Crippen molar-refractivity contribution in [3.8, 4) is 0 Å². The maximum atomic E-state index is 10.7. The molecule has 104 valence electrons. The molecule has 2 saturated carbocycles. The van der Waals surface area contributed by atoms with Crippen LogP contribution in [-0.4, -0.2) is 33.6 Å². The first-order valence-corrected chi connectivity index (χ1v) is 7.31. The van der Waals surface area contributed by atoms with Crippen molar-refractivity contribution in [1.29, 1.82) is 0 Å². The summed E-state index contributed by atoms with van der Waals surface area (Å²) in [5.74, 6) is 0.636. The third kappa shape index (κ3) is 1.47. The summed E-state index contributed by atoms with van der Waals surface area (Å²) in [5.41, 5.74) is -0.862. The molecule has 1 heterocycles. The smallest absolute Gasteiger partial charge is 0.0975 e. The van der Waals surface area contributed by atoms with Gasteiger partial charge in [0.05, 0.1) is 23.4 Å². The fourth-order valence-corrected chi connectivity index (χ4v) is 4.69. The fraction of sp³-hybridized carbons (Fsp3) is 1.00. The molecule has 3 nitrogen and oxygen atoms in total. The summed E-state index contributed by atoms with van der Waals surface area (Å²) in [7, 11) is 0. The number of epoxide rings is 1. The van der Waals surface area contributed by atoms with Gasteiger partial charge in [0.15, 0.2) is 0 Å². The van der Waals surface area contributed by atoms with Crippen molar-refractivity contribution in [1.82, 2.24) is 0 Å². The highest BCUT2D eigenvalue weighted by Gasteiger charge is 2.70. The van der Waals surface area contributed by atoms with Crippen LogP contribution in [0, 0.1) is 17.3 Å². The average Bonchev–Trinajstić information content (AvgIpc) is 2.97. The molecule has 2 N–H and O–H groups in total. The topological polar surface area (TPSA) is 53.0 Å². The van der Waals surface area contributed by atoms with Gasteiger partial charge in [-0.25, -0.2) is 0 Å². The van der Waals surface area contributed by atoms with Crippen molar-refractivity contribution in [2.45, 2.75) is 76.8 Å².